The summed E-state index contributed by atoms with van der Waals surface area (Å²) in [4.78, 5) is 7.00. The molecule has 0 unspecified atom stereocenters. The maximum Gasteiger partial charge on any atom is 0.141 e. The zero-order chi connectivity index (χ0) is 17.3. The van der Waals surface area contributed by atoms with Crippen LogP contribution in [0.5, 0.6) is 0 Å². The van der Waals surface area contributed by atoms with Crippen molar-refractivity contribution < 1.29 is 5.11 Å². The number of hydrogen-bond donors (Lipinski definition) is 1. The average Bonchev–Trinajstić information content (AvgIpc) is 3.12. The number of aliphatic hydroxyl groups is 1. The minimum Gasteiger partial charge on any atom is -0.385 e. The minimum absolute atomic E-state index is 0.301. The van der Waals surface area contributed by atoms with Crippen LogP contribution >= 0.6 is 0 Å². The molecule has 0 spiro atoms. The lowest BCUT2D eigenvalue weighted by molar-refractivity contribution is -0.123. The van der Waals surface area contributed by atoms with Crippen LogP contribution in [0.3, 0.4) is 0 Å². The van der Waals surface area contributed by atoms with Crippen molar-refractivity contribution in [1.82, 2.24) is 19.7 Å². The van der Waals surface area contributed by atoms with Gasteiger partial charge in [-0.15, -0.1) is 0 Å². The molecule has 0 amide bonds. The Morgan fingerprint density at radius 3 is 2.80 bits per heavy atom. The van der Waals surface area contributed by atoms with Crippen LogP contribution in [0.4, 0.5) is 0 Å². The highest BCUT2D eigenvalue weighted by atomic mass is 16.3. The third kappa shape index (κ3) is 3.00. The highest BCUT2D eigenvalue weighted by Crippen LogP contribution is 2.47. The molecule has 2 aromatic rings. The molecule has 4 rings (SSSR count). The fraction of sp³-hybridized carbons (Fsp3) is 0.600. The molecule has 5 nitrogen and oxygen atoms in total. The number of fused-ring (bicyclic) bond motifs is 1. The second kappa shape index (κ2) is 6.89. The lowest BCUT2D eigenvalue weighted by Gasteiger charge is -2.52. The van der Waals surface area contributed by atoms with Gasteiger partial charge in [-0.2, -0.15) is 5.10 Å². The lowest BCUT2D eigenvalue weighted by Crippen LogP contribution is -2.57. The summed E-state index contributed by atoms with van der Waals surface area (Å²) in [5, 5.41) is 15.9. The standard InChI is InChI=1S/C20H28N4O/c1-2-24-19(21-15-22-24)14-23-13-12-20(25,16-8-4-3-5-9-16)17-10-6-7-11-18(17)23/h3-5,8-9,15,17-18,25H,2,6-7,10-14H2,1H3/t17-,18-,20+/m0/s1. The number of piperidine rings is 1. The quantitative estimate of drug-likeness (QED) is 0.930. The van der Waals surface area contributed by atoms with E-state index in [1.54, 1.807) is 6.33 Å². The highest BCUT2D eigenvalue weighted by molar-refractivity contribution is 5.25. The van der Waals surface area contributed by atoms with E-state index in [-0.39, 0.29) is 0 Å². The van der Waals surface area contributed by atoms with Crippen molar-refractivity contribution in [2.45, 2.75) is 63.8 Å². The molecular formula is C20H28N4O. The van der Waals surface area contributed by atoms with Gasteiger partial charge in [0.25, 0.3) is 0 Å². The van der Waals surface area contributed by atoms with Crippen LogP contribution in [-0.4, -0.2) is 37.4 Å². The number of aryl methyl sites for hydroxylation is 1. The zero-order valence-corrected chi connectivity index (χ0v) is 15.0. The molecular weight excluding hydrogens is 312 g/mol. The summed E-state index contributed by atoms with van der Waals surface area (Å²) >= 11 is 0. The topological polar surface area (TPSA) is 54.2 Å². The van der Waals surface area contributed by atoms with Crippen molar-refractivity contribution in [3.05, 3.63) is 48.0 Å². The summed E-state index contributed by atoms with van der Waals surface area (Å²) in [5.74, 6) is 1.34. The molecule has 5 heteroatoms. The maximum absolute atomic E-state index is 11.6. The summed E-state index contributed by atoms with van der Waals surface area (Å²) in [6.45, 7) is 4.69. The van der Waals surface area contributed by atoms with Crippen LogP contribution in [-0.2, 0) is 18.7 Å². The number of benzene rings is 1. The molecule has 2 fully saturated rings. The number of rotatable bonds is 4. The van der Waals surface area contributed by atoms with Gasteiger partial charge in [0, 0.05) is 25.0 Å². The van der Waals surface area contributed by atoms with Crippen molar-refractivity contribution in [3.8, 4) is 0 Å². The van der Waals surface area contributed by atoms with E-state index in [4.69, 9.17) is 0 Å². The molecule has 2 heterocycles. The van der Waals surface area contributed by atoms with Gasteiger partial charge in [0.05, 0.1) is 12.1 Å². The van der Waals surface area contributed by atoms with Crippen LogP contribution in [0.15, 0.2) is 36.7 Å². The summed E-state index contributed by atoms with van der Waals surface area (Å²) < 4.78 is 1.98. The van der Waals surface area contributed by atoms with Gasteiger partial charge < -0.3 is 5.11 Å². The largest absolute Gasteiger partial charge is 0.385 e. The minimum atomic E-state index is -0.693. The predicted molar refractivity (Wildman–Crippen MR) is 96.8 cm³/mol. The monoisotopic (exact) mass is 340 g/mol. The van der Waals surface area contributed by atoms with Gasteiger partial charge in [-0.05, 0) is 31.7 Å². The summed E-state index contributed by atoms with van der Waals surface area (Å²) in [6.07, 6.45) is 7.19. The third-order valence-electron chi connectivity index (χ3n) is 6.21. The number of aromatic nitrogens is 3. The van der Waals surface area contributed by atoms with Crippen molar-refractivity contribution in [3.63, 3.8) is 0 Å². The van der Waals surface area contributed by atoms with E-state index in [0.717, 1.165) is 43.9 Å². The Morgan fingerprint density at radius 1 is 1.20 bits per heavy atom. The van der Waals surface area contributed by atoms with Crippen LogP contribution in [0, 0.1) is 5.92 Å². The van der Waals surface area contributed by atoms with Crippen molar-refractivity contribution in [2.24, 2.45) is 5.92 Å². The van der Waals surface area contributed by atoms with Crippen LogP contribution in [0.2, 0.25) is 0 Å². The van der Waals surface area contributed by atoms with Crippen molar-refractivity contribution in [2.75, 3.05) is 6.54 Å². The smallest absolute Gasteiger partial charge is 0.141 e. The van der Waals surface area contributed by atoms with E-state index in [1.165, 1.54) is 19.3 Å². The van der Waals surface area contributed by atoms with Gasteiger partial charge in [0.15, 0.2) is 0 Å². The molecule has 1 saturated carbocycles. The molecule has 134 valence electrons. The SMILES string of the molecule is CCn1ncnc1CN1CC[C@@](O)(c2ccccc2)[C@H]2CCCC[C@@H]21. The first-order valence-corrected chi connectivity index (χ1v) is 9.61. The molecule has 1 aromatic carbocycles. The van der Waals surface area contributed by atoms with E-state index >= 15 is 0 Å². The van der Waals surface area contributed by atoms with Crippen molar-refractivity contribution >= 4 is 0 Å². The molecule has 25 heavy (non-hydrogen) atoms. The van der Waals surface area contributed by atoms with Gasteiger partial charge >= 0.3 is 0 Å². The fourth-order valence-corrected chi connectivity index (χ4v) is 4.91. The first-order chi connectivity index (χ1) is 12.2. The molecule has 0 bridgehead atoms. The molecule has 1 aromatic heterocycles. The summed E-state index contributed by atoms with van der Waals surface area (Å²) in [6, 6.07) is 10.7. The molecule has 1 saturated heterocycles. The number of hydrogen-bond acceptors (Lipinski definition) is 4. The molecule has 1 N–H and O–H groups in total. The van der Waals surface area contributed by atoms with Gasteiger partial charge in [-0.1, -0.05) is 43.2 Å². The number of likely N-dealkylation sites (tertiary alicyclic amines) is 1. The third-order valence-corrected chi connectivity index (χ3v) is 6.21. The average molecular weight is 340 g/mol. The second-order valence-electron chi connectivity index (χ2n) is 7.46. The Bertz CT molecular complexity index is 701. The summed E-state index contributed by atoms with van der Waals surface area (Å²) in [5.41, 5.74) is 0.393. The summed E-state index contributed by atoms with van der Waals surface area (Å²) in [7, 11) is 0. The van der Waals surface area contributed by atoms with Gasteiger partial charge in [0.2, 0.25) is 0 Å². The van der Waals surface area contributed by atoms with E-state index in [9.17, 15) is 5.11 Å². The predicted octanol–water partition coefficient (Wildman–Crippen LogP) is 2.95. The molecule has 2 aliphatic rings. The van der Waals surface area contributed by atoms with E-state index < -0.39 is 5.60 Å². The van der Waals surface area contributed by atoms with E-state index in [1.807, 2.05) is 22.9 Å². The Balaban J connectivity index is 1.60. The van der Waals surface area contributed by atoms with Gasteiger partial charge in [-0.3, -0.25) is 4.90 Å². The van der Waals surface area contributed by atoms with Crippen molar-refractivity contribution in [1.29, 1.82) is 0 Å². The fourth-order valence-electron chi connectivity index (χ4n) is 4.91. The Hall–Kier alpha value is -1.72. The molecule has 3 atom stereocenters. The van der Waals surface area contributed by atoms with E-state index in [2.05, 4.69) is 34.0 Å². The molecule has 1 aliphatic heterocycles. The highest BCUT2D eigenvalue weighted by Gasteiger charge is 2.49. The normalized spacial score (nSPS) is 30.2. The lowest BCUT2D eigenvalue weighted by atomic mass is 9.66. The Kier molecular flexibility index (Phi) is 4.61. The first-order valence-electron chi connectivity index (χ1n) is 9.61. The molecule has 0 radical (unpaired) electrons. The molecule has 1 aliphatic carbocycles. The first kappa shape index (κ1) is 16.7. The van der Waals surface area contributed by atoms with E-state index in [0.29, 0.717) is 12.0 Å². The Morgan fingerprint density at radius 2 is 2.00 bits per heavy atom. The Labute approximate surface area is 149 Å². The maximum atomic E-state index is 11.6. The zero-order valence-electron chi connectivity index (χ0n) is 15.0. The van der Waals surface area contributed by atoms with Crippen LogP contribution < -0.4 is 0 Å². The van der Waals surface area contributed by atoms with Gasteiger partial charge in [-0.25, -0.2) is 9.67 Å². The second-order valence-corrected chi connectivity index (χ2v) is 7.46. The van der Waals surface area contributed by atoms with Gasteiger partial charge in [0.1, 0.15) is 12.2 Å². The number of nitrogens with zero attached hydrogens (tertiary/aromatic N) is 4. The van der Waals surface area contributed by atoms with Crippen LogP contribution in [0.25, 0.3) is 0 Å². The van der Waals surface area contributed by atoms with Crippen LogP contribution in [0.1, 0.15) is 50.4 Å².